The lowest BCUT2D eigenvalue weighted by Crippen LogP contribution is -2.11. The van der Waals surface area contributed by atoms with Crippen molar-refractivity contribution in [2.45, 2.75) is 4.90 Å². The highest BCUT2D eigenvalue weighted by Crippen LogP contribution is 2.35. The Balaban J connectivity index is 1.52. The lowest BCUT2D eigenvalue weighted by molar-refractivity contribution is 0.484. The van der Waals surface area contributed by atoms with Gasteiger partial charge in [0, 0.05) is 43.1 Å². The Bertz CT molecular complexity index is 2870. The standard InChI is InChI=1S/C32H20N8O3S/c41-44(42,43)23-15-7-14-22-24(23)32-39-30-21-13-6-5-12-20(21)28(37-30)35-26-17-9-2-1-8-16(17)25(33-26)34-27-18-10-3-4-11-19(18)29(36-27)38-31(22)40-32/h1-15H,(H,41,42,43)(H4,33,34,35,36,37,38,39,40). The van der Waals surface area contributed by atoms with Crippen LogP contribution in [0.1, 0.15) is 0 Å². The minimum absolute atomic E-state index is 0.214. The van der Waals surface area contributed by atoms with E-state index in [0.717, 1.165) is 32.3 Å². The zero-order valence-corrected chi connectivity index (χ0v) is 23.4. The summed E-state index contributed by atoms with van der Waals surface area (Å²) >= 11 is 0. The topological polar surface area (TPSA) is 167 Å². The van der Waals surface area contributed by atoms with Crippen molar-refractivity contribution in [1.29, 1.82) is 0 Å². The first-order valence-electron chi connectivity index (χ1n) is 13.7. The fourth-order valence-electron chi connectivity index (χ4n) is 6.01. The van der Waals surface area contributed by atoms with E-state index in [0.29, 0.717) is 45.1 Å². The summed E-state index contributed by atoms with van der Waals surface area (Å²) in [5.74, 6) is 2.14. The van der Waals surface area contributed by atoms with E-state index in [1.165, 1.54) is 6.07 Å². The number of H-pyrrole nitrogens is 4. The van der Waals surface area contributed by atoms with Gasteiger partial charge in [0.25, 0.3) is 10.1 Å². The first kappa shape index (κ1) is 24.7. The Morgan fingerprint density at radius 1 is 0.432 bits per heavy atom. The second-order valence-corrected chi connectivity index (χ2v) is 11.9. The molecule has 0 amide bonds. The van der Waals surface area contributed by atoms with Crippen LogP contribution in [-0.4, -0.2) is 32.9 Å². The van der Waals surface area contributed by atoms with Gasteiger partial charge in [-0.1, -0.05) is 84.9 Å². The number of fused-ring (bicyclic) bond motifs is 20. The first-order chi connectivity index (χ1) is 21.4. The average molecular weight is 597 g/mol. The summed E-state index contributed by atoms with van der Waals surface area (Å²) in [6, 6.07) is 28.0. The van der Waals surface area contributed by atoms with Crippen LogP contribution in [0.25, 0.3) is 43.1 Å². The Morgan fingerprint density at radius 3 is 1.25 bits per heavy atom. The number of benzene rings is 4. The van der Waals surface area contributed by atoms with Gasteiger partial charge in [0.15, 0.2) is 0 Å². The summed E-state index contributed by atoms with van der Waals surface area (Å²) in [6.45, 7) is 0. The van der Waals surface area contributed by atoms with Crippen LogP contribution in [-0.2, 0) is 10.1 Å². The van der Waals surface area contributed by atoms with E-state index in [1.54, 1.807) is 12.1 Å². The monoisotopic (exact) mass is 596 g/mol. The molecule has 0 saturated heterocycles. The second-order valence-electron chi connectivity index (χ2n) is 10.5. The number of nitrogens with zero attached hydrogens (tertiary/aromatic N) is 4. The summed E-state index contributed by atoms with van der Waals surface area (Å²) in [5.41, 5.74) is 1.83. The predicted octanol–water partition coefficient (Wildman–Crippen LogP) is 4.98. The van der Waals surface area contributed by atoms with Gasteiger partial charge in [-0.25, -0.2) is 20.0 Å². The summed E-state index contributed by atoms with van der Waals surface area (Å²) < 4.78 is 35.2. The highest BCUT2D eigenvalue weighted by molar-refractivity contribution is 7.86. The highest BCUT2D eigenvalue weighted by Gasteiger charge is 2.20. The Labute approximate surface area is 246 Å². The van der Waals surface area contributed by atoms with Gasteiger partial charge in [0.05, 0.1) is 0 Å². The number of rotatable bonds is 1. The van der Waals surface area contributed by atoms with Crippen LogP contribution < -0.4 is 22.0 Å². The minimum Gasteiger partial charge on any atom is -0.324 e. The maximum atomic E-state index is 12.5. The van der Waals surface area contributed by atoms with Crippen molar-refractivity contribution >= 4 is 76.5 Å². The van der Waals surface area contributed by atoms with Gasteiger partial charge in [0.1, 0.15) is 50.1 Å². The number of aromatic amines is 4. The summed E-state index contributed by atoms with van der Waals surface area (Å²) in [7, 11) is -4.60. The van der Waals surface area contributed by atoms with Gasteiger partial charge in [0.2, 0.25) is 0 Å². The van der Waals surface area contributed by atoms with Gasteiger partial charge in [-0.15, -0.1) is 0 Å². The SMILES string of the molecule is O=S(=O)(O)c1cccc2c3[nH]c(c12)=Nc1[nH]c(c2ccccc12)N=c1[nH]c(c2ccccc12)=Nc1[nH]c(c2ccccc12)N=3. The molecule has 0 radical (unpaired) electrons. The third kappa shape index (κ3) is 3.62. The van der Waals surface area contributed by atoms with Crippen LogP contribution in [0.4, 0.5) is 23.3 Å². The zero-order valence-electron chi connectivity index (χ0n) is 22.6. The average Bonchev–Trinajstić information content (AvgIpc) is 3.76. The Hall–Kier alpha value is -5.85. The minimum atomic E-state index is -4.60. The van der Waals surface area contributed by atoms with Gasteiger partial charge in [-0.05, 0) is 6.07 Å². The smallest absolute Gasteiger partial charge is 0.295 e. The number of hydrogen-bond acceptors (Lipinski definition) is 6. The molecule has 1 aliphatic rings. The summed E-state index contributed by atoms with van der Waals surface area (Å²) in [4.78, 5) is 32.9. The van der Waals surface area contributed by atoms with Crippen LogP contribution >= 0.6 is 0 Å². The van der Waals surface area contributed by atoms with Crippen LogP contribution in [0, 0.1) is 0 Å². The maximum Gasteiger partial charge on any atom is 0.295 e. The van der Waals surface area contributed by atoms with E-state index in [4.69, 9.17) is 20.0 Å². The first-order valence-corrected chi connectivity index (χ1v) is 15.2. The van der Waals surface area contributed by atoms with Gasteiger partial charge in [-0.3, -0.25) is 4.55 Å². The molecule has 9 rings (SSSR count). The van der Waals surface area contributed by atoms with Gasteiger partial charge >= 0.3 is 0 Å². The number of nitrogens with one attached hydrogen (secondary N) is 4. The molecule has 0 saturated carbocycles. The van der Waals surface area contributed by atoms with Crippen molar-refractivity contribution in [2.24, 2.45) is 20.0 Å². The largest absolute Gasteiger partial charge is 0.324 e. The van der Waals surface area contributed by atoms with E-state index in [1.807, 2.05) is 72.8 Å². The quantitative estimate of drug-likeness (QED) is 0.169. The van der Waals surface area contributed by atoms with Crippen molar-refractivity contribution < 1.29 is 13.0 Å². The molecular formula is C32H20N8O3S. The van der Waals surface area contributed by atoms with Gasteiger partial charge in [-0.2, -0.15) is 8.42 Å². The van der Waals surface area contributed by atoms with E-state index >= 15 is 0 Å². The molecule has 44 heavy (non-hydrogen) atoms. The molecule has 212 valence electrons. The van der Waals surface area contributed by atoms with Crippen LogP contribution in [0.3, 0.4) is 0 Å². The number of hydrogen-bond donors (Lipinski definition) is 5. The van der Waals surface area contributed by atoms with Crippen LogP contribution in [0.5, 0.6) is 0 Å². The molecule has 8 bridgehead atoms. The molecule has 4 aromatic heterocycles. The van der Waals surface area contributed by atoms with Crippen molar-refractivity contribution in [1.82, 2.24) is 19.9 Å². The molecular weight excluding hydrogens is 576 g/mol. The van der Waals surface area contributed by atoms with E-state index in [-0.39, 0.29) is 15.8 Å². The van der Waals surface area contributed by atoms with E-state index in [2.05, 4.69) is 19.9 Å². The molecule has 8 aromatic rings. The third-order valence-electron chi connectivity index (χ3n) is 7.95. The van der Waals surface area contributed by atoms with Gasteiger partial charge < -0.3 is 19.9 Å². The van der Waals surface area contributed by atoms with Crippen molar-refractivity contribution in [3.8, 4) is 0 Å². The Kier molecular flexibility index (Phi) is 4.96. The molecule has 11 nitrogen and oxygen atoms in total. The molecule has 0 aliphatic carbocycles. The van der Waals surface area contributed by atoms with Crippen molar-refractivity contribution in [3.63, 3.8) is 0 Å². The molecule has 12 heteroatoms. The van der Waals surface area contributed by atoms with Crippen molar-refractivity contribution in [2.75, 3.05) is 0 Å². The van der Waals surface area contributed by atoms with Crippen molar-refractivity contribution in [3.05, 3.63) is 113 Å². The van der Waals surface area contributed by atoms with E-state index in [9.17, 15) is 13.0 Å². The Morgan fingerprint density at radius 2 is 0.795 bits per heavy atom. The zero-order chi connectivity index (χ0) is 29.6. The summed E-state index contributed by atoms with van der Waals surface area (Å²) in [5, 5.41) is 5.77. The van der Waals surface area contributed by atoms with Crippen LogP contribution in [0.2, 0.25) is 0 Å². The summed E-state index contributed by atoms with van der Waals surface area (Å²) in [6.07, 6.45) is 0. The fourth-order valence-corrected chi connectivity index (χ4v) is 6.72. The third-order valence-corrected chi connectivity index (χ3v) is 8.85. The predicted molar refractivity (Wildman–Crippen MR) is 166 cm³/mol. The fraction of sp³-hybridized carbons (Fsp3) is 0. The van der Waals surface area contributed by atoms with E-state index < -0.39 is 10.1 Å². The lowest BCUT2D eigenvalue weighted by atomic mass is 10.2. The normalized spacial score (nSPS) is 13.1. The maximum absolute atomic E-state index is 12.5. The molecule has 0 fully saturated rings. The molecule has 0 spiro atoms. The second kappa shape index (κ2) is 8.83. The highest BCUT2D eigenvalue weighted by atomic mass is 32.2. The molecule has 0 unspecified atom stereocenters. The molecule has 4 aromatic carbocycles. The van der Waals surface area contributed by atoms with Crippen LogP contribution in [0.15, 0.2) is 116 Å². The molecule has 1 aliphatic heterocycles. The molecule has 5 heterocycles. The number of aromatic nitrogens is 4. The molecule has 0 atom stereocenters. The lowest BCUT2D eigenvalue weighted by Gasteiger charge is -1.99. The molecule has 5 N–H and O–H groups in total.